The quantitative estimate of drug-likeness (QED) is 0.816. The average molecular weight is 333 g/mol. The van der Waals surface area contributed by atoms with Crippen molar-refractivity contribution in [1.29, 1.82) is 0 Å². The van der Waals surface area contributed by atoms with Crippen LogP contribution in [0.5, 0.6) is 11.5 Å². The van der Waals surface area contributed by atoms with Crippen molar-refractivity contribution in [3.05, 3.63) is 53.8 Å². The summed E-state index contributed by atoms with van der Waals surface area (Å²) >= 11 is 0. The Kier molecular flexibility index (Phi) is 6.14. The van der Waals surface area contributed by atoms with Crippen molar-refractivity contribution in [1.82, 2.24) is 0 Å². The highest BCUT2D eigenvalue weighted by Crippen LogP contribution is 2.29. The molecule has 6 heteroatoms. The predicted octanol–water partition coefficient (Wildman–Crippen LogP) is 2.11. The number of hydrogen-bond acceptors (Lipinski definition) is 3. The van der Waals surface area contributed by atoms with Crippen LogP contribution >= 0.6 is 0 Å². The second-order valence-electron chi connectivity index (χ2n) is 5.40. The summed E-state index contributed by atoms with van der Waals surface area (Å²) in [5.74, 6) is 0.763. The fourth-order valence-electron chi connectivity index (χ4n) is 2.31. The number of methoxy groups -OCH3 is 2. The van der Waals surface area contributed by atoms with Gasteiger partial charge in [0, 0.05) is 17.3 Å². The molecule has 3 N–H and O–H groups in total. The first kappa shape index (κ1) is 17.7. The van der Waals surface area contributed by atoms with E-state index in [1.54, 1.807) is 44.6 Å². The second kappa shape index (κ2) is 8.31. The van der Waals surface area contributed by atoms with Crippen molar-refractivity contribution in [2.75, 3.05) is 26.1 Å². The third kappa shape index (κ3) is 4.70. The molecule has 128 valence electrons. The molecular formula is C18H22FN2O3+. The van der Waals surface area contributed by atoms with E-state index in [1.807, 2.05) is 12.2 Å². The monoisotopic (exact) mass is 333 g/mol. The fourth-order valence-corrected chi connectivity index (χ4v) is 2.31. The van der Waals surface area contributed by atoms with E-state index in [2.05, 4.69) is 5.32 Å². The van der Waals surface area contributed by atoms with Crippen molar-refractivity contribution in [2.24, 2.45) is 0 Å². The zero-order valence-corrected chi connectivity index (χ0v) is 14.0. The van der Waals surface area contributed by atoms with Gasteiger partial charge in [-0.2, -0.15) is 0 Å². The van der Waals surface area contributed by atoms with Gasteiger partial charge in [0.15, 0.2) is 18.0 Å². The molecule has 0 aromatic heterocycles. The summed E-state index contributed by atoms with van der Waals surface area (Å²) in [6, 6.07) is 11.5. The molecule has 2 rings (SSSR count). The van der Waals surface area contributed by atoms with Crippen LogP contribution in [-0.2, 0) is 4.79 Å². The Hall–Kier alpha value is -2.60. The molecule has 0 spiro atoms. The van der Waals surface area contributed by atoms with E-state index >= 15 is 0 Å². The number of benzene rings is 2. The minimum absolute atomic E-state index is 0.0572. The Morgan fingerprint density at radius 1 is 1.12 bits per heavy atom. The van der Waals surface area contributed by atoms with Gasteiger partial charge in [0.2, 0.25) is 0 Å². The van der Waals surface area contributed by atoms with Crippen LogP contribution in [0.4, 0.5) is 10.1 Å². The Morgan fingerprint density at radius 2 is 1.79 bits per heavy atom. The lowest BCUT2D eigenvalue weighted by atomic mass is 10.1. The lowest BCUT2D eigenvalue weighted by Gasteiger charge is -2.12. The van der Waals surface area contributed by atoms with Crippen molar-refractivity contribution in [3.8, 4) is 11.5 Å². The van der Waals surface area contributed by atoms with Crippen LogP contribution in [0.25, 0.3) is 0 Å². The number of nitrogens with two attached hydrogens (primary N) is 1. The number of quaternary nitrogens is 1. The van der Waals surface area contributed by atoms with Crippen LogP contribution in [0.15, 0.2) is 42.5 Å². The molecular weight excluding hydrogens is 311 g/mol. The fraction of sp³-hybridized carbons (Fsp3) is 0.278. The largest absolute Gasteiger partial charge is 0.493 e. The maximum absolute atomic E-state index is 12.9. The summed E-state index contributed by atoms with van der Waals surface area (Å²) in [7, 11) is 3.10. The summed E-state index contributed by atoms with van der Waals surface area (Å²) in [6.45, 7) is 2.23. The van der Waals surface area contributed by atoms with E-state index in [9.17, 15) is 9.18 Å². The number of carbonyl (C=O) groups excluding carboxylic acids is 1. The molecule has 0 aliphatic carbocycles. The SMILES string of the molecule is COc1ccc(NC(=O)C[NH2+][C@@H](C)c2ccc(F)cc2)cc1OC. The molecule has 0 bridgehead atoms. The van der Waals surface area contributed by atoms with Gasteiger partial charge >= 0.3 is 0 Å². The number of carbonyl (C=O) groups is 1. The van der Waals surface area contributed by atoms with E-state index in [0.29, 0.717) is 17.2 Å². The Labute approximate surface area is 140 Å². The van der Waals surface area contributed by atoms with Crippen molar-refractivity contribution in [3.63, 3.8) is 0 Å². The van der Waals surface area contributed by atoms with E-state index in [-0.39, 0.29) is 24.3 Å². The molecule has 0 unspecified atom stereocenters. The van der Waals surface area contributed by atoms with E-state index < -0.39 is 0 Å². The number of amides is 1. The Balaban J connectivity index is 1.90. The van der Waals surface area contributed by atoms with Gasteiger partial charge in [0.05, 0.1) is 14.2 Å². The summed E-state index contributed by atoms with van der Waals surface area (Å²) < 4.78 is 23.3. The standard InChI is InChI=1S/C18H21FN2O3/c1-12(13-4-6-14(19)7-5-13)20-11-18(22)21-15-8-9-16(23-2)17(10-15)24-3/h4-10,12,20H,11H2,1-3H3,(H,21,22)/p+1/t12-/m0/s1. The number of rotatable bonds is 7. The van der Waals surface area contributed by atoms with Crippen LogP contribution in [0.1, 0.15) is 18.5 Å². The molecule has 0 saturated heterocycles. The molecule has 1 amide bonds. The zero-order valence-electron chi connectivity index (χ0n) is 14.0. The summed E-state index contributed by atoms with van der Waals surface area (Å²) in [5.41, 5.74) is 1.61. The van der Waals surface area contributed by atoms with Crippen LogP contribution in [0.2, 0.25) is 0 Å². The number of halogens is 1. The minimum atomic E-state index is -0.267. The number of anilines is 1. The topological polar surface area (TPSA) is 64.2 Å². The van der Waals surface area contributed by atoms with Crippen LogP contribution < -0.4 is 20.1 Å². The van der Waals surface area contributed by atoms with Crippen molar-refractivity contribution < 1.29 is 24.0 Å². The van der Waals surface area contributed by atoms with Crippen molar-refractivity contribution in [2.45, 2.75) is 13.0 Å². The molecule has 0 heterocycles. The lowest BCUT2D eigenvalue weighted by molar-refractivity contribution is -0.682. The highest BCUT2D eigenvalue weighted by molar-refractivity contribution is 5.91. The lowest BCUT2D eigenvalue weighted by Crippen LogP contribution is -2.86. The molecule has 0 radical (unpaired) electrons. The summed E-state index contributed by atoms with van der Waals surface area (Å²) in [6.07, 6.45) is 0. The highest BCUT2D eigenvalue weighted by atomic mass is 19.1. The maximum Gasteiger partial charge on any atom is 0.279 e. The third-order valence-corrected chi connectivity index (χ3v) is 3.72. The Bertz CT molecular complexity index is 689. The number of hydrogen-bond donors (Lipinski definition) is 2. The maximum atomic E-state index is 12.9. The van der Waals surface area contributed by atoms with Gasteiger partial charge < -0.3 is 20.1 Å². The van der Waals surface area contributed by atoms with E-state index in [0.717, 1.165) is 5.56 Å². The molecule has 5 nitrogen and oxygen atoms in total. The highest BCUT2D eigenvalue weighted by Gasteiger charge is 2.13. The van der Waals surface area contributed by atoms with Gasteiger partial charge in [-0.25, -0.2) is 4.39 Å². The molecule has 1 atom stereocenters. The first-order chi connectivity index (χ1) is 11.5. The number of ether oxygens (including phenoxy) is 2. The summed E-state index contributed by atoms with van der Waals surface area (Å²) in [5, 5.41) is 4.71. The van der Waals surface area contributed by atoms with Crippen LogP contribution in [-0.4, -0.2) is 26.7 Å². The molecule has 0 aliphatic heterocycles. The minimum Gasteiger partial charge on any atom is -0.493 e. The average Bonchev–Trinajstić information content (AvgIpc) is 2.60. The first-order valence-electron chi connectivity index (χ1n) is 7.64. The third-order valence-electron chi connectivity index (χ3n) is 3.72. The van der Waals surface area contributed by atoms with Gasteiger partial charge in [-0.05, 0) is 31.2 Å². The van der Waals surface area contributed by atoms with Crippen LogP contribution in [0, 0.1) is 5.82 Å². The Morgan fingerprint density at radius 3 is 2.42 bits per heavy atom. The first-order valence-corrected chi connectivity index (χ1v) is 7.64. The van der Waals surface area contributed by atoms with Gasteiger partial charge in [0.25, 0.3) is 5.91 Å². The van der Waals surface area contributed by atoms with E-state index in [4.69, 9.17) is 9.47 Å². The molecule has 24 heavy (non-hydrogen) atoms. The number of nitrogens with one attached hydrogen (secondary N) is 1. The molecule has 2 aromatic carbocycles. The van der Waals surface area contributed by atoms with Crippen molar-refractivity contribution >= 4 is 11.6 Å². The summed E-state index contributed by atoms with van der Waals surface area (Å²) in [4.78, 5) is 12.1. The predicted molar refractivity (Wildman–Crippen MR) is 89.8 cm³/mol. The second-order valence-corrected chi connectivity index (χ2v) is 5.40. The van der Waals surface area contributed by atoms with Gasteiger partial charge in [-0.1, -0.05) is 12.1 Å². The molecule has 0 aliphatic rings. The van der Waals surface area contributed by atoms with Gasteiger partial charge in [0.1, 0.15) is 11.9 Å². The van der Waals surface area contributed by atoms with Gasteiger partial charge in [-0.3, -0.25) is 4.79 Å². The van der Waals surface area contributed by atoms with E-state index in [1.165, 1.54) is 12.1 Å². The smallest absolute Gasteiger partial charge is 0.279 e. The van der Waals surface area contributed by atoms with Crippen LogP contribution in [0.3, 0.4) is 0 Å². The zero-order chi connectivity index (χ0) is 17.5. The molecule has 2 aromatic rings. The normalized spacial score (nSPS) is 11.7. The molecule has 0 fully saturated rings. The molecule has 0 saturated carbocycles. The van der Waals surface area contributed by atoms with Gasteiger partial charge in [-0.15, -0.1) is 0 Å².